The quantitative estimate of drug-likeness (QED) is 0.406. The molecule has 0 rings (SSSR count). The fourth-order valence-corrected chi connectivity index (χ4v) is 1.55. The number of rotatable bonds is 6. The summed E-state index contributed by atoms with van der Waals surface area (Å²) in [6.45, 7) is 0. The number of hydrogen-bond acceptors (Lipinski definition) is 5. The second-order valence-corrected chi connectivity index (χ2v) is 4.42. The van der Waals surface area contributed by atoms with Crippen LogP contribution in [0.2, 0.25) is 0 Å². The second kappa shape index (κ2) is 6.29. The largest absolute Gasteiger partial charge is 0.277 e. The molecule has 0 aromatic carbocycles. The van der Waals surface area contributed by atoms with Gasteiger partial charge in [0.25, 0.3) is 10.1 Å². The summed E-state index contributed by atoms with van der Waals surface area (Å²) in [5.41, 5.74) is 0. The average molecular weight is 209 g/mol. The van der Waals surface area contributed by atoms with E-state index < -0.39 is 10.1 Å². The van der Waals surface area contributed by atoms with Crippen LogP contribution >= 0.6 is 12.9 Å². The Kier molecular flexibility index (Phi) is 6.16. The van der Waals surface area contributed by atoms with Crippen molar-refractivity contribution in [2.45, 2.75) is 25.7 Å². The maximum atomic E-state index is 10.7. The summed E-state index contributed by atoms with van der Waals surface area (Å²) in [6, 6.07) is 1.98. The molecule has 0 saturated heterocycles. The van der Waals surface area contributed by atoms with E-state index in [0.29, 0.717) is 12.8 Å². The SMILES string of the molecule is N#CCCCCCS(=O)(=O)OS. The van der Waals surface area contributed by atoms with Crippen molar-refractivity contribution in [3.8, 4) is 6.07 Å². The first-order valence-corrected chi connectivity index (χ1v) is 5.49. The highest BCUT2D eigenvalue weighted by Gasteiger charge is 2.07. The molecule has 12 heavy (non-hydrogen) atoms. The lowest BCUT2D eigenvalue weighted by Crippen LogP contribution is -2.04. The average Bonchev–Trinajstić information content (AvgIpc) is 2.04. The van der Waals surface area contributed by atoms with Crippen LogP contribution in [0.3, 0.4) is 0 Å². The lowest BCUT2D eigenvalue weighted by Gasteiger charge is -1.98. The third kappa shape index (κ3) is 6.46. The molecule has 0 N–H and O–H groups in total. The van der Waals surface area contributed by atoms with Gasteiger partial charge in [0.1, 0.15) is 0 Å². The van der Waals surface area contributed by atoms with Crippen molar-refractivity contribution in [1.29, 1.82) is 5.26 Å². The summed E-state index contributed by atoms with van der Waals surface area (Å²) in [5, 5.41) is 8.17. The van der Waals surface area contributed by atoms with E-state index in [9.17, 15) is 8.42 Å². The van der Waals surface area contributed by atoms with Gasteiger partial charge in [0.2, 0.25) is 0 Å². The van der Waals surface area contributed by atoms with Gasteiger partial charge in [-0.1, -0.05) is 6.42 Å². The summed E-state index contributed by atoms with van der Waals surface area (Å²) < 4.78 is 25.3. The van der Waals surface area contributed by atoms with Gasteiger partial charge < -0.3 is 0 Å². The van der Waals surface area contributed by atoms with Crippen LogP contribution in [0, 0.1) is 11.3 Å². The minimum atomic E-state index is -3.43. The normalized spacial score (nSPS) is 11.0. The standard InChI is InChI=1S/C6H11NO3S2/c7-5-3-1-2-4-6-12(8,9)10-11/h11H,1-4,6H2. The highest BCUT2D eigenvalue weighted by atomic mass is 32.3. The summed E-state index contributed by atoms with van der Waals surface area (Å²) >= 11 is 3.20. The van der Waals surface area contributed by atoms with Crippen LogP contribution in [-0.4, -0.2) is 14.2 Å². The minimum Gasteiger partial charge on any atom is -0.201 e. The highest BCUT2D eigenvalue weighted by molar-refractivity contribution is 7.95. The van der Waals surface area contributed by atoms with E-state index in [1.54, 1.807) is 0 Å². The third-order valence-corrected chi connectivity index (χ3v) is 2.99. The van der Waals surface area contributed by atoms with E-state index >= 15 is 0 Å². The monoisotopic (exact) mass is 209 g/mol. The van der Waals surface area contributed by atoms with Gasteiger partial charge in [-0.15, -0.1) is 0 Å². The molecular formula is C6H11NO3S2. The van der Waals surface area contributed by atoms with E-state index in [2.05, 4.69) is 16.5 Å². The Morgan fingerprint density at radius 1 is 1.33 bits per heavy atom. The van der Waals surface area contributed by atoms with Crippen molar-refractivity contribution in [2.75, 3.05) is 5.75 Å². The van der Waals surface area contributed by atoms with Gasteiger partial charge in [0.15, 0.2) is 0 Å². The zero-order chi connectivity index (χ0) is 9.45. The van der Waals surface area contributed by atoms with E-state index in [0.717, 1.165) is 12.8 Å². The molecule has 0 aromatic heterocycles. The molecule has 0 aliphatic rings. The fourth-order valence-electron chi connectivity index (χ4n) is 0.697. The molecule has 0 aliphatic carbocycles. The number of nitriles is 1. The Labute approximate surface area is 78.3 Å². The first-order valence-electron chi connectivity index (χ1n) is 3.55. The molecule has 0 atom stereocenters. The Morgan fingerprint density at radius 2 is 2.00 bits per heavy atom. The van der Waals surface area contributed by atoms with Crippen molar-refractivity contribution < 1.29 is 12.0 Å². The van der Waals surface area contributed by atoms with Gasteiger partial charge in [-0.2, -0.15) is 13.7 Å². The van der Waals surface area contributed by atoms with Crippen molar-refractivity contribution in [1.82, 2.24) is 0 Å². The van der Waals surface area contributed by atoms with Gasteiger partial charge in [0, 0.05) is 6.42 Å². The minimum absolute atomic E-state index is 0.0259. The number of thiol groups is 1. The number of hydrogen-bond donors (Lipinski definition) is 1. The van der Waals surface area contributed by atoms with E-state index in [1.165, 1.54) is 0 Å². The van der Waals surface area contributed by atoms with Crippen molar-refractivity contribution in [2.24, 2.45) is 0 Å². The van der Waals surface area contributed by atoms with E-state index in [4.69, 9.17) is 5.26 Å². The van der Waals surface area contributed by atoms with E-state index in [-0.39, 0.29) is 5.75 Å². The Balaban J connectivity index is 3.39. The van der Waals surface area contributed by atoms with Crippen LogP contribution in [0.1, 0.15) is 25.7 Å². The predicted molar refractivity (Wildman–Crippen MR) is 47.9 cm³/mol. The van der Waals surface area contributed by atoms with E-state index in [1.807, 2.05) is 6.07 Å². The molecule has 0 amide bonds. The summed E-state index contributed by atoms with van der Waals surface area (Å²) in [4.78, 5) is 0. The highest BCUT2D eigenvalue weighted by Crippen LogP contribution is 2.04. The maximum Gasteiger partial charge on any atom is 0.277 e. The van der Waals surface area contributed by atoms with Crippen LogP contribution < -0.4 is 0 Å². The Morgan fingerprint density at radius 3 is 2.50 bits per heavy atom. The molecule has 0 aliphatic heterocycles. The van der Waals surface area contributed by atoms with Crippen LogP contribution in [0.5, 0.6) is 0 Å². The van der Waals surface area contributed by atoms with Gasteiger partial charge in [-0.25, -0.2) is 3.63 Å². The van der Waals surface area contributed by atoms with Gasteiger partial charge in [-0.05, 0) is 25.8 Å². The van der Waals surface area contributed by atoms with Crippen molar-refractivity contribution in [3.63, 3.8) is 0 Å². The first-order chi connectivity index (χ1) is 5.62. The predicted octanol–water partition coefficient (Wildman–Crippen LogP) is 1.26. The van der Waals surface area contributed by atoms with Crippen LogP contribution in [0.15, 0.2) is 0 Å². The Bertz CT molecular complexity index is 242. The summed E-state index contributed by atoms with van der Waals surface area (Å²) in [6.07, 6.45) is 2.45. The fraction of sp³-hybridized carbons (Fsp3) is 0.833. The topological polar surface area (TPSA) is 67.2 Å². The zero-order valence-corrected chi connectivity index (χ0v) is 8.27. The zero-order valence-electron chi connectivity index (χ0n) is 6.56. The van der Waals surface area contributed by atoms with Gasteiger partial charge >= 0.3 is 0 Å². The Hall–Kier alpha value is -0.250. The number of unbranched alkanes of at least 4 members (excludes halogenated alkanes) is 3. The molecule has 0 heterocycles. The molecule has 0 unspecified atom stereocenters. The summed E-state index contributed by atoms with van der Waals surface area (Å²) in [5.74, 6) is -0.0259. The van der Waals surface area contributed by atoms with Crippen molar-refractivity contribution in [3.05, 3.63) is 0 Å². The molecule has 0 aromatic rings. The van der Waals surface area contributed by atoms with Crippen LogP contribution in [0.4, 0.5) is 0 Å². The lowest BCUT2D eigenvalue weighted by molar-refractivity contribution is 0.517. The second-order valence-electron chi connectivity index (χ2n) is 2.31. The number of nitrogens with zero attached hydrogens (tertiary/aromatic N) is 1. The molecule has 0 fully saturated rings. The van der Waals surface area contributed by atoms with Gasteiger partial charge in [-0.3, -0.25) is 0 Å². The molecule has 0 radical (unpaired) electrons. The van der Waals surface area contributed by atoms with Crippen molar-refractivity contribution >= 4 is 23.0 Å². The third-order valence-electron chi connectivity index (χ3n) is 1.30. The van der Waals surface area contributed by atoms with Gasteiger partial charge in [0.05, 0.1) is 11.8 Å². The molecular weight excluding hydrogens is 198 g/mol. The first kappa shape index (κ1) is 11.8. The lowest BCUT2D eigenvalue weighted by atomic mass is 10.2. The molecule has 70 valence electrons. The molecule has 0 spiro atoms. The molecule has 0 saturated carbocycles. The van der Waals surface area contributed by atoms with Crippen LogP contribution in [-0.2, 0) is 13.7 Å². The molecule has 4 nitrogen and oxygen atoms in total. The van der Waals surface area contributed by atoms with Crippen LogP contribution in [0.25, 0.3) is 0 Å². The molecule has 0 bridgehead atoms. The smallest absolute Gasteiger partial charge is 0.201 e. The molecule has 6 heteroatoms. The maximum absolute atomic E-state index is 10.7. The summed E-state index contributed by atoms with van der Waals surface area (Å²) in [7, 11) is -3.43.